The summed E-state index contributed by atoms with van der Waals surface area (Å²) in [7, 11) is 0. The van der Waals surface area contributed by atoms with Crippen LogP contribution in [0.5, 0.6) is 0 Å². The highest BCUT2D eigenvalue weighted by atomic mass is 16.6. The van der Waals surface area contributed by atoms with Crippen molar-refractivity contribution in [2.75, 3.05) is 0 Å². The molecule has 0 fully saturated rings. The summed E-state index contributed by atoms with van der Waals surface area (Å²) in [6.07, 6.45) is 1.05. The summed E-state index contributed by atoms with van der Waals surface area (Å²) in [4.78, 5) is 23.3. The minimum Gasteiger partial charge on any atom is -0.460 e. The second-order valence-electron chi connectivity index (χ2n) is 6.24. The van der Waals surface area contributed by atoms with E-state index >= 15 is 0 Å². The van der Waals surface area contributed by atoms with Gasteiger partial charge in [0.25, 0.3) is 0 Å². The zero-order valence-corrected chi connectivity index (χ0v) is 13.3. The van der Waals surface area contributed by atoms with Crippen LogP contribution in [0.2, 0.25) is 0 Å². The van der Waals surface area contributed by atoms with E-state index in [1.807, 2.05) is 58.0 Å². The van der Waals surface area contributed by atoms with Crippen LogP contribution in [0.4, 0.5) is 0 Å². The van der Waals surface area contributed by atoms with Crippen molar-refractivity contribution in [1.29, 1.82) is 0 Å². The fraction of sp³-hybridized carbons (Fsp3) is 0.529. The van der Waals surface area contributed by atoms with Crippen molar-refractivity contribution in [3.05, 3.63) is 35.9 Å². The van der Waals surface area contributed by atoms with E-state index in [1.165, 1.54) is 5.56 Å². The zero-order chi connectivity index (χ0) is 15.9. The minimum absolute atomic E-state index is 0.0403. The number of carbonyl (C=O) groups is 2. The van der Waals surface area contributed by atoms with Crippen LogP contribution in [-0.4, -0.2) is 23.5 Å². The molecule has 0 heterocycles. The first-order valence-corrected chi connectivity index (χ1v) is 7.31. The Balaban J connectivity index is 2.29. The molecule has 116 valence electrons. The molecule has 1 rings (SSSR count). The maximum Gasteiger partial charge on any atom is 0.306 e. The molecule has 21 heavy (non-hydrogen) atoms. The molecule has 0 saturated heterocycles. The number of hydrogen-bond donors (Lipinski definition) is 1. The quantitative estimate of drug-likeness (QED) is 0.820. The predicted octanol–water partition coefficient (Wildman–Crippen LogP) is 2.86. The molecule has 0 aliphatic carbocycles. The van der Waals surface area contributed by atoms with E-state index in [0.29, 0.717) is 0 Å². The van der Waals surface area contributed by atoms with Gasteiger partial charge in [0, 0.05) is 12.5 Å². The van der Waals surface area contributed by atoms with Crippen molar-refractivity contribution in [1.82, 2.24) is 5.32 Å². The van der Waals surface area contributed by atoms with E-state index in [9.17, 15) is 9.59 Å². The Morgan fingerprint density at radius 1 is 1.14 bits per heavy atom. The van der Waals surface area contributed by atoms with Crippen molar-refractivity contribution in [3.63, 3.8) is 0 Å². The number of ether oxygens (including phenoxy) is 1. The third-order valence-electron chi connectivity index (χ3n) is 2.77. The van der Waals surface area contributed by atoms with Gasteiger partial charge in [-0.15, -0.1) is 0 Å². The number of carbonyl (C=O) groups excluding carboxylic acids is 2. The topological polar surface area (TPSA) is 55.4 Å². The molecule has 0 bridgehead atoms. The molecule has 1 atom stereocenters. The van der Waals surface area contributed by atoms with E-state index in [1.54, 1.807) is 0 Å². The molecule has 1 aromatic rings. The highest BCUT2D eigenvalue weighted by Gasteiger charge is 2.17. The van der Waals surface area contributed by atoms with Crippen molar-refractivity contribution in [2.45, 2.75) is 58.6 Å². The second kappa shape index (κ2) is 7.81. The molecular weight excluding hydrogens is 266 g/mol. The van der Waals surface area contributed by atoms with Gasteiger partial charge in [-0.25, -0.2) is 0 Å². The highest BCUT2D eigenvalue weighted by molar-refractivity contribution is 5.81. The number of benzene rings is 1. The molecule has 1 unspecified atom stereocenters. The Morgan fingerprint density at radius 2 is 1.76 bits per heavy atom. The largest absolute Gasteiger partial charge is 0.460 e. The molecule has 4 heteroatoms. The Hall–Kier alpha value is -1.84. The summed E-state index contributed by atoms with van der Waals surface area (Å²) < 4.78 is 5.17. The van der Waals surface area contributed by atoms with Gasteiger partial charge in [0.05, 0.1) is 6.42 Å². The molecule has 0 saturated carbocycles. The molecule has 0 radical (unpaired) electrons. The Labute approximate surface area is 126 Å². The van der Waals surface area contributed by atoms with Crippen LogP contribution in [-0.2, 0) is 20.7 Å². The zero-order valence-electron chi connectivity index (χ0n) is 13.3. The lowest BCUT2D eigenvalue weighted by Crippen LogP contribution is -2.34. The van der Waals surface area contributed by atoms with E-state index in [0.717, 1.165) is 6.42 Å². The molecule has 0 aliphatic rings. The molecule has 0 spiro atoms. The average Bonchev–Trinajstić information content (AvgIpc) is 2.35. The van der Waals surface area contributed by atoms with Gasteiger partial charge >= 0.3 is 5.97 Å². The van der Waals surface area contributed by atoms with Crippen LogP contribution < -0.4 is 5.32 Å². The number of esters is 1. The molecular formula is C17H25NO3. The summed E-state index contributed by atoms with van der Waals surface area (Å²) in [6.45, 7) is 7.39. The first kappa shape index (κ1) is 17.2. The van der Waals surface area contributed by atoms with E-state index in [-0.39, 0.29) is 30.8 Å². The SMILES string of the molecule is CC(Cc1ccccc1)NC(=O)CCC(=O)OC(C)(C)C. The van der Waals surface area contributed by atoms with Gasteiger partial charge in [-0.1, -0.05) is 30.3 Å². The summed E-state index contributed by atoms with van der Waals surface area (Å²) in [5.41, 5.74) is 0.672. The summed E-state index contributed by atoms with van der Waals surface area (Å²) in [6, 6.07) is 10.0. The van der Waals surface area contributed by atoms with Crippen LogP contribution in [0.3, 0.4) is 0 Å². The van der Waals surface area contributed by atoms with Gasteiger partial charge in [-0.05, 0) is 39.7 Å². The Morgan fingerprint density at radius 3 is 2.33 bits per heavy atom. The summed E-state index contributed by atoms with van der Waals surface area (Å²) in [5, 5.41) is 2.90. The van der Waals surface area contributed by atoms with Crippen LogP contribution in [0.1, 0.15) is 46.1 Å². The third kappa shape index (κ3) is 8.12. The summed E-state index contributed by atoms with van der Waals surface area (Å²) in [5.74, 6) is -0.461. The minimum atomic E-state index is -0.506. The maximum absolute atomic E-state index is 11.8. The lowest BCUT2D eigenvalue weighted by molar-refractivity contribution is -0.155. The Bertz CT molecular complexity index is 463. The molecule has 0 aliphatic heterocycles. The number of nitrogens with one attached hydrogen (secondary N) is 1. The lowest BCUT2D eigenvalue weighted by atomic mass is 10.1. The van der Waals surface area contributed by atoms with Crippen molar-refractivity contribution >= 4 is 11.9 Å². The van der Waals surface area contributed by atoms with Crippen molar-refractivity contribution < 1.29 is 14.3 Å². The van der Waals surface area contributed by atoms with Crippen LogP contribution in [0.25, 0.3) is 0 Å². The van der Waals surface area contributed by atoms with Gasteiger partial charge in [-0.3, -0.25) is 9.59 Å². The van der Waals surface area contributed by atoms with Gasteiger partial charge < -0.3 is 10.1 Å². The first-order valence-electron chi connectivity index (χ1n) is 7.31. The fourth-order valence-electron chi connectivity index (χ4n) is 1.97. The predicted molar refractivity (Wildman–Crippen MR) is 82.8 cm³/mol. The van der Waals surface area contributed by atoms with Crippen LogP contribution in [0.15, 0.2) is 30.3 Å². The van der Waals surface area contributed by atoms with Crippen molar-refractivity contribution in [2.24, 2.45) is 0 Å². The standard InChI is InChI=1S/C17H25NO3/c1-13(12-14-8-6-5-7-9-14)18-15(19)10-11-16(20)21-17(2,3)4/h5-9,13H,10-12H2,1-4H3,(H,18,19). The van der Waals surface area contributed by atoms with Gasteiger partial charge in [0.15, 0.2) is 0 Å². The van der Waals surface area contributed by atoms with Crippen LogP contribution >= 0.6 is 0 Å². The van der Waals surface area contributed by atoms with Gasteiger partial charge in [0.2, 0.25) is 5.91 Å². The molecule has 1 aromatic carbocycles. The average molecular weight is 291 g/mol. The van der Waals surface area contributed by atoms with Gasteiger partial charge in [0.1, 0.15) is 5.60 Å². The molecule has 1 amide bonds. The first-order chi connectivity index (χ1) is 9.76. The Kier molecular flexibility index (Phi) is 6.40. The second-order valence-corrected chi connectivity index (χ2v) is 6.24. The summed E-state index contributed by atoms with van der Waals surface area (Å²) >= 11 is 0. The van der Waals surface area contributed by atoms with E-state index < -0.39 is 5.60 Å². The number of hydrogen-bond acceptors (Lipinski definition) is 3. The van der Waals surface area contributed by atoms with Crippen LogP contribution in [0, 0.1) is 0 Å². The smallest absolute Gasteiger partial charge is 0.306 e. The molecule has 4 nitrogen and oxygen atoms in total. The highest BCUT2D eigenvalue weighted by Crippen LogP contribution is 2.09. The number of rotatable bonds is 6. The third-order valence-corrected chi connectivity index (χ3v) is 2.77. The normalized spacial score (nSPS) is 12.6. The lowest BCUT2D eigenvalue weighted by Gasteiger charge is -2.19. The van der Waals surface area contributed by atoms with Gasteiger partial charge in [-0.2, -0.15) is 0 Å². The van der Waals surface area contributed by atoms with E-state index in [2.05, 4.69) is 5.32 Å². The molecule has 0 aromatic heterocycles. The number of amides is 1. The van der Waals surface area contributed by atoms with Crippen molar-refractivity contribution in [3.8, 4) is 0 Å². The maximum atomic E-state index is 11.8. The van der Waals surface area contributed by atoms with E-state index in [4.69, 9.17) is 4.74 Å². The monoisotopic (exact) mass is 291 g/mol. The molecule has 1 N–H and O–H groups in total. The fourth-order valence-corrected chi connectivity index (χ4v) is 1.97.